The summed E-state index contributed by atoms with van der Waals surface area (Å²) < 4.78 is 5.86. The van der Waals surface area contributed by atoms with Gasteiger partial charge in [-0.25, -0.2) is 0 Å². The van der Waals surface area contributed by atoms with Crippen LogP contribution in [0, 0.1) is 0 Å². The van der Waals surface area contributed by atoms with Gasteiger partial charge in [-0.2, -0.15) is 0 Å². The third-order valence-electron chi connectivity index (χ3n) is 3.85. The van der Waals surface area contributed by atoms with Crippen LogP contribution in [-0.2, 0) is 13.0 Å². The second-order valence-electron chi connectivity index (χ2n) is 5.44. The molecule has 3 rings (SSSR count). The summed E-state index contributed by atoms with van der Waals surface area (Å²) in [6.45, 7) is 2.57. The van der Waals surface area contributed by atoms with E-state index in [1.807, 2.05) is 12.1 Å². The number of benzene rings is 3. The van der Waals surface area contributed by atoms with Crippen LogP contribution in [0.1, 0.15) is 18.1 Å². The number of nitrogens with two attached hydrogens (primary N) is 2. The van der Waals surface area contributed by atoms with Crippen LogP contribution in [0.4, 0.5) is 11.4 Å². The van der Waals surface area contributed by atoms with E-state index in [1.165, 1.54) is 16.3 Å². The van der Waals surface area contributed by atoms with Crippen LogP contribution < -0.4 is 16.2 Å². The van der Waals surface area contributed by atoms with Crippen LogP contribution in [0.15, 0.2) is 54.6 Å². The van der Waals surface area contributed by atoms with E-state index in [-0.39, 0.29) is 0 Å². The van der Waals surface area contributed by atoms with Crippen LogP contribution in [0.5, 0.6) is 5.75 Å². The van der Waals surface area contributed by atoms with Gasteiger partial charge in [0.15, 0.2) is 0 Å². The Morgan fingerprint density at radius 1 is 0.864 bits per heavy atom. The first-order chi connectivity index (χ1) is 10.7. The number of hydrogen-bond acceptors (Lipinski definition) is 3. The number of rotatable bonds is 4. The van der Waals surface area contributed by atoms with E-state index in [9.17, 15) is 0 Å². The smallest absolute Gasteiger partial charge is 0.120 e. The quantitative estimate of drug-likeness (QED) is 0.710. The molecule has 0 heterocycles. The van der Waals surface area contributed by atoms with E-state index in [0.29, 0.717) is 18.0 Å². The molecule has 0 bridgehead atoms. The highest BCUT2D eigenvalue weighted by atomic mass is 16.5. The fourth-order valence-corrected chi connectivity index (χ4v) is 2.49. The van der Waals surface area contributed by atoms with E-state index in [0.717, 1.165) is 17.7 Å². The fraction of sp³-hybridized carbons (Fsp3) is 0.158. The Labute approximate surface area is 130 Å². The molecule has 0 saturated heterocycles. The minimum absolute atomic E-state index is 0.412. The summed E-state index contributed by atoms with van der Waals surface area (Å²) in [5.41, 5.74) is 15.4. The summed E-state index contributed by atoms with van der Waals surface area (Å²) >= 11 is 0. The van der Waals surface area contributed by atoms with Crippen molar-refractivity contribution >= 4 is 22.1 Å². The van der Waals surface area contributed by atoms with Crippen LogP contribution >= 0.6 is 0 Å². The van der Waals surface area contributed by atoms with Crippen LogP contribution in [0.3, 0.4) is 0 Å². The van der Waals surface area contributed by atoms with Crippen molar-refractivity contribution in [3.63, 3.8) is 0 Å². The molecule has 0 aromatic heterocycles. The topological polar surface area (TPSA) is 61.3 Å². The SMILES string of the molecule is CCc1ccc2cc(OCc3cc(N)ccc3N)ccc2c1. The predicted molar refractivity (Wildman–Crippen MR) is 92.9 cm³/mol. The van der Waals surface area contributed by atoms with Gasteiger partial charge in [0.25, 0.3) is 0 Å². The largest absolute Gasteiger partial charge is 0.489 e. The van der Waals surface area contributed by atoms with Gasteiger partial charge in [0.1, 0.15) is 12.4 Å². The molecule has 0 unspecified atom stereocenters. The maximum atomic E-state index is 5.94. The summed E-state index contributed by atoms with van der Waals surface area (Å²) in [6.07, 6.45) is 1.04. The lowest BCUT2D eigenvalue weighted by Gasteiger charge is -2.10. The molecule has 0 radical (unpaired) electrons. The highest BCUT2D eigenvalue weighted by Crippen LogP contribution is 2.24. The van der Waals surface area contributed by atoms with Crippen molar-refractivity contribution in [3.05, 3.63) is 65.7 Å². The average Bonchev–Trinajstić information content (AvgIpc) is 2.55. The first kappa shape index (κ1) is 14.3. The molecule has 3 heteroatoms. The van der Waals surface area contributed by atoms with Gasteiger partial charge in [0.2, 0.25) is 0 Å². The summed E-state index contributed by atoms with van der Waals surface area (Å²) in [6, 6.07) is 18.1. The summed E-state index contributed by atoms with van der Waals surface area (Å²) in [5, 5.41) is 2.41. The van der Waals surface area contributed by atoms with Crippen LogP contribution in [0.25, 0.3) is 10.8 Å². The Hall–Kier alpha value is -2.68. The monoisotopic (exact) mass is 292 g/mol. The molecule has 0 spiro atoms. The number of aryl methyl sites for hydroxylation is 1. The van der Waals surface area contributed by atoms with Crippen LogP contribution in [0.2, 0.25) is 0 Å². The Bertz CT molecular complexity index is 812. The number of hydrogen-bond donors (Lipinski definition) is 2. The van der Waals surface area contributed by atoms with Crippen molar-refractivity contribution in [2.24, 2.45) is 0 Å². The Kier molecular flexibility index (Phi) is 3.88. The van der Waals surface area contributed by atoms with Crippen molar-refractivity contribution in [3.8, 4) is 5.75 Å². The summed E-state index contributed by atoms with van der Waals surface area (Å²) in [4.78, 5) is 0. The highest BCUT2D eigenvalue weighted by Gasteiger charge is 2.03. The molecule has 0 fully saturated rings. The Balaban J connectivity index is 1.80. The molecular formula is C19H20N2O. The first-order valence-electron chi connectivity index (χ1n) is 7.45. The van der Waals surface area contributed by atoms with Gasteiger partial charge in [-0.15, -0.1) is 0 Å². The molecule has 3 aromatic carbocycles. The standard InChI is InChI=1S/C19H20N2O/c1-2-13-3-4-15-11-18(7-5-14(15)9-13)22-12-16-10-17(20)6-8-19(16)21/h3-11H,2,12,20-21H2,1H3. The van der Waals surface area contributed by atoms with Gasteiger partial charge in [0, 0.05) is 16.9 Å². The third-order valence-corrected chi connectivity index (χ3v) is 3.85. The molecule has 0 saturated carbocycles. The maximum Gasteiger partial charge on any atom is 0.120 e. The minimum Gasteiger partial charge on any atom is -0.489 e. The van der Waals surface area contributed by atoms with E-state index >= 15 is 0 Å². The van der Waals surface area contributed by atoms with Gasteiger partial charge in [-0.05, 0) is 53.1 Å². The highest BCUT2D eigenvalue weighted by molar-refractivity contribution is 5.84. The molecule has 4 N–H and O–H groups in total. The zero-order valence-corrected chi connectivity index (χ0v) is 12.7. The predicted octanol–water partition coefficient (Wildman–Crippen LogP) is 4.15. The normalized spacial score (nSPS) is 10.8. The van der Waals surface area contributed by atoms with Crippen molar-refractivity contribution in [1.29, 1.82) is 0 Å². The Morgan fingerprint density at radius 3 is 2.45 bits per heavy atom. The van der Waals surface area contributed by atoms with E-state index in [1.54, 1.807) is 12.1 Å². The molecule has 0 atom stereocenters. The van der Waals surface area contributed by atoms with Crippen molar-refractivity contribution in [1.82, 2.24) is 0 Å². The third kappa shape index (κ3) is 2.98. The van der Waals surface area contributed by atoms with E-state index < -0.39 is 0 Å². The lowest BCUT2D eigenvalue weighted by molar-refractivity contribution is 0.307. The second-order valence-corrected chi connectivity index (χ2v) is 5.44. The molecule has 0 aliphatic rings. The fourth-order valence-electron chi connectivity index (χ4n) is 2.49. The number of anilines is 2. The zero-order chi connectivity index (χ0) is 15.5. The van der Waals surface area contributed by atoms with Crippen LogP contribution in [-0.4, -0.2) is 0 Å². The second kappa shape index (κ2) is 5.98. The first-order valence-corrected chi connectivity index (χ1v) is 7.45. The van der Waals surface area contributed by atoms with E-state index in [4.69, 9.17) is 16.2 Å². The molecule has 3 nitrogen and oxygen atoms in total. The molecule has 0 amide bonds. The van der Waals surface area contributed by atoms with Gasteiger partial charge in [0.05, 0.1) is 0 Å². The molecular weight excluding hydrogens is 272 g/mol. The average molecular weight is 292 g/mol. The van der Waals surface area contributed by atoms with Crippen molar-refractivity contribution in [2.75, 3.05) is 11.5 Å². The molecule has 0 aliphatic heterocycles. The number of fused-ring (bicyclic) bond motifs is 1. The van der Waals surface area contributed by atoms with Gasteiger partial charge >= 0.3 is 0 Å². The molecule has 112 valence electrons. The number of ether oxygens (including phenoxy) is 1. The minimum atomic E-state index is 0.412. The van der Waals surface area contributed by atoms with Crippen molar-refractivity contribution < 1.29 is 4.74 Å². The lowest BCUT2D eigenvalue weighted by Crippen LogP contribution is -2.01. The molecule has 0 aliphatic carbocycles. The van der Waals surface area contributed by atoms with Crippen molar-refractivity contribution in [2.45, 2.75) is 20.0 Å². The maximum absolute atomic E-state index is 5.94. The molecule has 3 aromatic rings. The van der Waals surface area contributed by atoms with Gasteiger partial charge < -0.3 is 16.2 Å². The molecule has 22 heavy (non-hydrogen) atoms. The van der Waals surface area contributed by atoms with Gasteiger partial charge in [-0.1, -0.05) is 31.2 Å². The summed E-state index contributed by atoms with van der Waals surface area (Å²) in [5.74, 6) is 0.832. The van der Waals surface area contributed by atoms with E-state index in [2.05, 4.69) is 37.3 Å². The lowest BCUT2D eigenvalue weighted by atomic mass is 10.1. The summed E-state index contributed by atoms with van der Waals surface area (Å²) in [7, 11) is 0. The Morgan fingerprint density at radius 2 is 1.64 bits per heavy atom. The zero-order valence-electron chi connectivity index (χ0n) is 12.7. The van der Waals surface area contributed by atoms with Gasteiger partial charge in [-0.3, -0.25) is 0 Å². The number of nitrogen functional groups attached to an aromatic ring is 2.